The van der Waals surface area contributed by atoms with Crippen molar-refractivity contribution in [1.82, 2.24) is 5.32 Å². The number of primary sulfonamides is 1. The van der Waals surface area contributed by atoms with E-state index >= 15 is 0 Å². The molecule has 0 saturated heterocycles. The molecule has 0 aliphatic heterocycles. The number of carbonyl (C=O) groups excluding carboxylic acids is 1. The van der Waals surface area contributed by atoms with Crippen LogP contribution in [0.1, 0.15) is 6.92 Å². The highest BCUT2D eigenvalue weighted by Crippen LogP contribution is 2.24. The Morgan fingerprint density at radius 2 is 1.90 bits per heavy atom. The molecule has 1 aromatic carbocycles. The highest BCUT2D eigenvalue weighted by atomic mass is 35.5. The van der Waals surface area contributed by atoms with E-state index in [4.69, 9.17) is 33.1 Å². The predicted octanol–water partition coefficient (Wildman–Crippen LogP) is 1.17. The molecule has 0 aromatic heterocycles. The lowest BCUT2D eigenvalue weighted by Gasteiger charge is -2.15. The number of amides is 1. The Hall–Kier alpha value is -1.02. The highest BCUT2D eigenvalue weighted by Gasteiger charge is 2.15. The van der Waals surface area contributed by atoms with Crippen LogP contribution in [0.2, 0.25) is 10.0 Å². The number of benzene rings is 1. The van der Waals surface area contributed by atoms with Crippen LogP contribution in [0.25, 0.3) is 0 Å². The maximum Gasteiger partial charge on any atom is 0.260 e. The van der Waals surface area contributed by atoms with Gasteiger partial charge in [-0.15, -0.1) is 0 Å². The molecule has 0 saturated carbocycles. The van der Waals surface area contributed by atoms with Gasteiger partial charge in [0.25, 0.3) is 5.91 Å². The van der Waals surface area contributed by atoms with Crippen molar-refractivity contribution < 1.29 is 17.9 Å². The van der Waals surface area contributed by atoms with E-state index in [1.54, 1.807) is 0 Å². The molecule has 0 aliphatic rings. The van der Waals surface area contributed by atoms with E-state index in [0.717, 1.165) is 0 Å². The van der Waals surface area contributed by atoms with Crippen molar-refractivity contribution in [3.05, 3.63) is 28.2 Å². The number of rotatable bonds is 6. The summed E-state index contributed by atoms with van der Waals surface area (Å²) in [4.78, 5) is 11.7. The number of nitrogens with two attached hydrogens (primary N) is 1. The molecule has 1 atom stereocenters. The summed E-state index contributed by atoms with van der Waals surface area (Å²) >= 11 is 11.6. The molecule has 0 aliphatic carbocycles. The van der Waals surface area contributed by atoms with Gasteiger partial charge in [-0.3, -0.25) is 4.79 Å². The average Bonchev–Trinajstić information content (AvgIpc) is 2.25. The number of halogens is 2. The Bertz CT molecular complexity index is 572. The minimum absolute atomic E-state index is 0.0817. The normalized spacial score (nSPS) is 12.8. The number of hydrogen-bond acceptors (Lipinski definition) is 4. The fraction of sp³-hybridized carbons (Fsp3) is 0.364. The van der Waals surface area contributed by atoms with Gasteiger partial charge in [0.15, 0.2) is 6.10 Å². The molecule has 0 spiro atoms. The summed E-state index contributed by atoms with van der Waals surface area (Å²) in [5.41, 5.74) is 0. The molecule has 6 nitrogen and oxygen atoms in total. The van der Waals surface area contributed by atoms with Gasteiger partial charge < -0.3 is 10.1 Å². The highest BCUT2D eigenvalue weighted by molar-refractivity contribution is 7.89. The zero-order chi connectivity index (χ0) is 15.3. The molecule has 0 heterocycles. The third-order valence-electron chi connectivity index (χ3n) is 2.20. The summed E-state index contributed by atoms with van der Waals surface area (Å²) in [5.74, 6) is -0.463. The topological polar surface area (TPSA) is 98.5 Å². The summed E-state index contributed by atoms with van der Waals surface area (Å²) in [6, 6.07) is 4.57. The fourth-order valence-corrected chi connectivity index (χ4v) is 2.21. The van der Waals surface area contributed by atoms with Gasteiger partial charge in [-0.25, -0.2) is 13.6 Å². The van der Waals surface area contributed by atoms with Crippen molar-refractivity contribution in [2.45, 2.75) is 13.0 Å². The van der Waals surface area contributed by atoms with E-state index < -0.39 is 22.0 Å². The van der Waals surface area contributed by atoms with E-state index in [1.807, 2.05) is 0 Å². The molecule has 0 radical (unpaired) electrons. The molecular weight excluding hydrogens is 327 g/mol. The van der Waals surface area contributed by atoms with Gasteiger partial charge in [0.2, 0.25) is 10.0 Å². The maximum atomic E-state index is 11.7. The number of ether oxygens (including phenoxy) is 1. The van der Waals surface area contributed by atoms with Crippen LogP contribution in [0.4, 0.5) is 0 Å². The van der Waals surface area contributed by atoms with Crippen LogP contribution in [0, 0.1) is 0 Å². The minimum atomic E-state index is -3.61. The molecule has 1 rings (SSSR count). The quantitative estimate of drug-likeness (QED) is 0.811. The summed E-state index contributed by atoms with van der Waals surface area (Å²) in [7, 11) is -3.61. The second-order valence-corrected chi connectivity index (χ2v) is 6.63. The van der Waals surface area contributed by atoms with Crippen LogP contribution in [0.5, 0.6) is 5.75 Å². The Kier molecular flexibility index (Phi) is 6.07. The number of sulfonamides is 1. The number of carbonyl (C=O) groups is 1. The van der Waals surface area contributed by atoms with E-state index in [2.05, 4.69) is 5.32 Å². The molecule has 1 aromatic rings. The zero-order valence-electron chi connectivity index (χ0n) is 10.6. The first kappa shape index (κ1) is 17.0. The van der Waals surface area contributed by atoms with Crippen molar-refractivity contribution >= 4 is 39.1 Å². The van der Waals surface area contributed by atoms with Gasteiger partial charge in [0.05, 0.1) is 5.75 Å². The van der Waals surface area contributed by atoms with Crippen molar-refractivity contribution in [3.63, 3.8) is 0 Å². The van der Waals surface area contributed by atoms with Gasteiger partial charge in [-0.05, 0) is 25.1 Å². The number of hydrogen-bond donors (Lipinski definition) is 2. The lowest BCUT2D eigenvalue weighted by molar-refractivity contribution is -0.127. The molecule has 3 N–H and O–H groups in total. The molecular formula is C11H14Cl2N2O4S. The van der Waals surface area contributed by atoms with E-state index in [1.165, 1.54) is 25.1 Å². The zero-order valence-corrected chi connectivity index (χ0v) is 12.9. The smallest absolute Gasteiger partial charge is 0.260 e. The Morgan fingerprint density at radius 1 is 1.35 bits per heavy atom. The molecule has 9 heteroatoms. The lowest BCUT2D eigenvalue weighted by Crippen LogP contribution is -2.39. The first-order valence-corrected chi connectivity index (χ1v) is 8.05. The second kappa shape index (κ2) is 7.12. The second-order valence-electron chi connectivity index (χ2n) is 4.02. The van der Waals surface area contributed by atoms with Crippen molar-refractivity contribution in [1.29, 1.82) is 0 Å². The molecule has 20 heavy (non-hydrogen) atoms. The molecule has 0 unspecified atom stereocenters. The Labute approximate surface area is 127 Å². The van der Waals surface area contributed by atoms with Gasteiger partial charge >= 0.3 is 0 Å². The van der Waals surface area contributed by atoms with Crippen LogP contribution < -0.4 is 15.2 Å². The monoisotopic (exact) mass is 340 g/mol. The van der Waals surface area contributed by atoms with Gasteiger partial charge in [-0.1, -0.05) is 23.2 Å². The van der Waals surface area contributed by atoms with Crippen molar-refractivity contribution in [2.75, 3.05) is 12.3 Å². The van der Waals surface area contributed by atoms with Crippen LogP contribution >= 0.6 is 23.2 Å². The maximum absolute atomic E-state index is 11.7. The van der Waals surface area contributed by atoms with Crippen molar-refractivity contribution in [2.24, 2.45) is 5.14 Å². The standard InChI is InChI=1S/C11H14Cl2N2O4S/c1-7(11(16)15-2-3-20(14,17)18)19-10-5-8(12)4-9(13)6-10/h4-7H,2-3H2,1H3,(H,15,16)(H2,14,17,18)/t7-/m1/s1. The Morgan fingerprint density at radius 3 is 2.40 bits per heavy atom. The first-order chi connectivity index (χ1) is 9.17. The van der Waals surface area contributed by atoms with E-state index in [-0.39, 0.29) is 12.3 Å². The molecule has 1 amide bonds. The summed E-state index contributed by atoms with van der Waals surface area (Å²) in [6.07, 6.45) is -0.829. The van der Waals surface area contributed by atoms with Gasteiger partial charge in [-0.2, -0.15) is 0 Å². The van der Waals surface area contributed by atoms with E-state index in [9.17, 15) is 13.2 Å². The summed E-state index contributed by atoms with van der Waals surface area (Å²) < 4.78 is 26.8. The molecule has 112 valence electrons. The van der Waals surface area contributed by atoms with Crippen molar-refractivity contribution in [3.8, 4) is 5.75 Å². The average molecular weight is 341 g/mol. The predicted molar refractivity (Wildman–Crippen MR) is 77.5 cm³/mol. The molecule has 0 bridgehead atoms. The van der Waals surface area contributed by atoms with Gasteiger partial charge in [0.1, 0.15) is 5.75 Å². The van der Waals surface area contributed by atoms with Gasteiger partial charge in [0, 0.05) is 16.6 Å². The SMILES string of the molecule is C[C@@H](Oc1cc(Cl)cc(Cl)c1)C(=O)NCCS(N)(=O)=O. The third-order valence-corrected chi connectivity index (χ3v) is 3.41. The molecule has 0 fully saturated rings. The first-order valence-electron chi connectivity index (χ1n) is 5.58. The van der Waals surface area contributed by atoms with Crippen LogP contribution in [0.3, 0.4) is 0 Å². The Balaban J connectivity index is 2.53. The largest absolute Gasteiger partial charge is 0.481 e. The van der Waals surface area contributed by atoms with Crippen LogP contribution in [0.15, 0.2) is 18.2 Å². The van der Waals surface area contributed by atoms with E-state index in [0.29, 0.717) is 15.8 Å². The minimum Gasteiger partial charge on any atom is -0.481 e. The fourth-order valence-electron chi connectivity index (χ4n) is 1.31. The lowest BCUT2D eigenvalue weighted by atomic mass is 10.3. The number of nitrogens with one attached hydrogen (secondary N) is 1. The summed E-state index contributed by atoms with van der Waals surface area (Å²) in [5, 5.41) is 7.98. The van der Waals surface area contributed by atoms with Crippen LogP contribution in [-0.4, -0.2) is 32.7 Å². The summed E-state index contributed by atoms with van der Waals surface area (Å²) in [6.45, 7) is 1.43. The van der Waals surface area contributed by atoms with Crippen LogP contribution in [-0.2, 0) is 14.8 Å². The third kappa shape index (κ3) is 6.42.